The first-order chi connectivity index (χ1) is 12.7. The maximum absolute atomic E-state index is 12.8. The zero-order chi connectivity index (χ0) is 20.0. The van der Waals surface area contributed by atoms with E-state index in [0.29, 0.717) is 12.1 Å². The van der Waals surface area contributed by atoms with E-state index in [2.05, 4.69) is 29.4 Å². The molecule has 0 saturated carbocycles. The van der Waals surface area contributed by atoms with Gasteiger partial charge in [0, 0.05) is 30.7 Å². The molecule has 0 bridgehead atoms. The van der Waals surface area contributed by atoms with Gasteiger partial charge in [0.25, 0.3) is 5.91 Å². The molecule has 0 spiro atoms. The van der Waals surface area contributed by atoms with Crippen LogP contribution in [0.1, 0.15) is 43.6 Å². The Bertz CT molecular complexity index is 635. The maximum atomic E-state index is 12.8. The number of morpholine rings is 1. The van der Waals surface area contributed by atoms with Gasteiger partial charge in [0.15, 0.2) is 0 Å². The summed E-state index contributed by atoms with van der Waals surface area (Å²) in [5.41, 5.74) is 1.49. The number of rotatable bonds is 7. The van der Waals surface area contributed by atoms with Gasteiger partial charge in [0.05, 0.1) is 13.2 Å². The Hall–Kier alpha value is -1.92. The van der Waals surface area contributed by atoms with Gasteiger partial charge in [-0.3, -0.25) is 14.5 Å². The summed E-state index contributed by atoms with van der Waals surface area (Å²) in [4.78, 5) is 27.6. The van der Waals surface area contributed by atoms with E-state index < -0.39 is 6.04 Å². The zero-order valence-corrected chi connectivity index (χ0v) is 17.2. The van der Waals surface area contributed by atoms with Crippen LogP contribution in [0.3, 0.4) is 0 Å². The van der Waals surface area contributed by atoms with Crippen LogP contribution in [0.2, 0.25) is 0 Å². The molecule has 6 nitrogen and oxygen atoms in total. The van der Waals surface area contributed by atoms with E-state index in [4.69, 9.17) is 4.74 Å². The van der Waals surface area contributed by atoms with Crippen LogP contribution in [0, 0.1) is 12.8 Å². The summed E-state index contributed by atoms with van der Waals surface area (Å²) in [6.07, 6.45) is 0. The third-order valence-corrected chi connectivity index (χ3v) is 5.11. The second kappa shape index (κ2) is 9.33. The van der Waals surface area contributed by atoms with Crippen molar-refractivity contribution in [3.63, 3.8) is 0 Å². The number of aryl methyl sites for hydroxylation is 1. The molecule has 2 rings (SSSR count). The van der Waals surface area contributed by atoms with Crippen molar-refractivity contribution < 1.29 is 14.3 Å². The summed E-state index contributed by atoms with van der Waals surface area (Å²) in [6, 6.07) is 6.77. The molecule has 0 radical (unpaired) electrons. The monoisotopic (exact) mass is 375 g/mol. The average molecular weight is 376 g/mol. The van der Waals surface area contributed by atoms with Crippen LogP contribution in [0.5, 0.6) is 0 Å². The van der Waals surface area contributed by atoms with Gasteiger partial charge in [0.1, 0.15) is 6.04 Å². The molecule has 150 valence electrons. The van der Waals surface area contributed by atoms with Gasteiger partial charge in [-0.05, 0) is 38.8 Å². The standard InChI is InChI=1S/C21H33N3O3/c1-15(2)18(23-19(25)17-8-6-16(3)7-9-17)20(26)22-14-21(4,5)24-10-12-27-13-11-24/h6-9,15,18H,10-14H2,1-5H3,(H,22,26)(H,23,25)/t18-/m1/s1. The van der Waals surface area contributed by atoms with E-state index in [1.165, 1.54) is 0 Å². The van der Waals surface area contributed by atoms with Crippen molar-refractivity contribution in [3.8, 4) is 0 Å². The quantitative estimate of drug-likeness (QED) is 0.764. The van der Waals surface area contributed by atoms with Crippen molar-refractivity contribution in [1.29, 1.82) is 0 Å². The number of hydrogen-bond acceptors (Lipinski definition) is 4. The highest BCUT2D eigenvalue weighted by molar-refractivity contribution is 5.97. The highest BCUT2D eigenvalue weighted by Gasteiger charge is 2.31. The maximum Gasteiger partial charge on any atom is 0.251 e. The lowest BCUT2D eigenvalue weighted by atomic mass is 9.99. The number of hydrogen-bond donors (Lipinski definition) is 2. The number of carbonyl (C=O) groups is 2. The second-order valence-corrected chi connectivity index (χ2v) is 8.19. The van der Waals surface area contributed by atoms with Crippen molar-refractivity contribution in [2.75, 3.05) is 32.8 Å². The van der Waals surface area contributed by atoms with Gasteiger partial charge in [-0.2, -0.15) is 0 Å². The number of benzene rings is 1. The molecule has 6 heteroatoms. The summed E-state index contributed by atoms with van der Waals surface area (Å²) in [5.74, 6) is -0.381. The predicted molar refractivity (Wildman–Crippen MR) is 107 cm³/mol. The smallest absolute Gasteiger partial charge is 0.251 e. The minimum atomic E-state index is -0.570. The molecule has 2 N–H and O–H groups in total. The first kappa shape index (κ1) is 21.4. The molecule has 1 aromatic rings. The zero-order valence-electron chi connectivity index (χ0n) is 17.2. The third kappa shape index (κ3) is 6.04. The van der Waals surface area contributed by atoms with Crippen LogP contribution in [-0.4, -0.2) is 61.1 Å². The number of ether oxygens (including phenoxy) is 1. The average Bonchev–Trinajstić information content (AvgIpc) is 2.65. The van der Waals surface area contributed by atoms with Crippen LogP contribution in [0.4, 0.5) is 0 Å². The number of carbonyl (C=O) groups excluding carboxylic acids is 2. The van der Waals surface area contributed by atoms with Crippen molar-refractivity contribution in [1.82, 2.24) is 15.5 Å². The lowest BCUT2D eigenvalue weighted by molar-refractivity contribution is -0.124. The lowest BCUT2D eigenvalue weighted by Crippen LogP contribution is -2.58. The fourth-order valence-corrected chi connectivity index (χ4v) is 3.16. The molecule has 0 aliphatic carbocycles. The second-order valence-electron chi connectivity index (χ2n) is 8.19. The van der Waals surface area contributed by atoms with E-state index >= 15 is 0 Å². The van der Waals surface area contributed by atoms with E-state index in [1.807, 2.05) is 32.9 Å². The molecule has 27 heavy (non-hydrogen) atoms. The molecule has 1 atom stereocenters. The highest BCUT2D eigenvalue weighted by atomic mass is 16.5. The van der Waals surface area contributed by atoms with Crippen molar-refractivity contribution in [2.24, 2.45) is 5.92 Å². The predicted octanol–water partition coefficient (Wildman–Crippen LogP) is 1.98. The van der Waals surface area contributed by atoms with Gasteiger partial charge in [-0.1, -0.05) is 31.5 Å². The summed E-state index contributed by atoms with van der Waals surface area (Å²) in [6.45, 7) is 13.8. The van der Waals surface area contributed by atoms with Gasteiger partial charge in [0.2, 0.25) is 5.91 Å². The summed E-state index contributed by atoms with van der Waals surface area (Å²) in [5, 5.41) is 5.91. The largest absolute Gasteiger partial charge is 0.379 e. The Morgan fingerprint density at radius 3 is 2.30 bits per heavy atom. The summed E-state index contributed by atoms with van der Waals surface area (Å²) in [7, 11) is 0. The molecule has 1 fully saturated rings. The van der Waals surface area contributed by atoms with Crippen LogP contribution in [0.15, 0.2) is 24.3 Å². The Balaban J connectivity index is 1.95. The molecule has 1 aromatic carbocycles. The van der Waals surface area contributed by atoms with Gasteiger partial charge < -0.3 is 15.4 Å². The van der Waals surface area contributed by atoms with Crippen LogP contribution in [-0.2, 0) is 9.53 Å². The molecular formula is C21H33N3O3. The van der Waals surface area contributed by atoms with Crippen molar-refractivity contribution in [3.05, 3.63) is 35.4 Å². The van der Waals surface area contributed by atoms with Crippen LogP contribution in [0.25, 0.3) is 0 Å². The molecule has 0 unspecified atom stereocenters. The van der Waals surface area contributed by atoms with E-state index in [0.717, 1.165) is 31.9 Å². The van der Waals surface area contributed by atoms with E-state index in [-0.39, 0.29) is 23.3 Å². The topological polar surface area (TPSA) is 70.7 Å². The molecule has 2 amide bonds. The first-order valence-corrected chi connectivity index (χ1v) is 9.69. The van der Waals surface area contributed by atoms with Gasteiger partial charge in [-0.15, -0.1) is 0 Å². The molecule has 1 saturated heterocycles. The Morgan fingerprint density at radius 1 is 1.15 bits per heavy atom. The SMILES string of the molecule is Cc1ccc(C(=O)N[C@@H](C(=O)NCC(C)(C)N2CCOCC2)C(C)C)cc1. The van der Waals surface area contributed by atoms with Crippen molar-refractivity contribution in [2.45, 2.75) is 46.2 Å². The summed E-state index contributed by atoms with van der Waals surface area (Å²) < 4.78 is 5.41. The normalized spacial score (nSPS) is 16.8. The van der Waals surface area contributed by atoms with Crippen LogP contribution < -0.4 is 10.6 Å². The molecule has 1 heterocycles. The minimum absolute atomic E-state index is 0.00843. The number of amides is 2. The molecule has 1 aliphatic heterocycles. The summed E-state index contributed by atoms with van der Waals surface area (Å²) >= 11 is 0. The van der Waals surface area contributed by atoms with E-state index in [9.17, 15) is 9.59 Å². The highest BCUT2D eigenvalue weighted by Crippen LogP contribution is 2.15. The Morgan fingerprint density at radius 2 is 1.74 bits per heavy atom. The third-order valence-electron chi connectivity index (χ3n) is 5.11. The Labute approximate surface area is 162 Å². The molecule has 0 aromatic heterocycles. The van der Waals surface area contributed by atoms with Crippen molar-refractivity contribution >= 4 is 11.8 Å². The fraction of sp³-hybridized carbons (Fsp3) is 0.619. The van der Waals surface area contributed by atoms with Gasteiger partial charge >= 0.3 is 0 Å². The first-order valence-electron chi connectivity index (χ1n) is 9.69. The minimum Gasteiger partial charge on any atom is -0.379 e. The fourth-order valence-electron chi connectivity index (χ4n) is 3.16. The lowest BCUT2D eigenvalue weighted by Gasteiger charge is -2.41. The number of nitrogens with zero attached hydrogens (tertiary/aromatic N) is 1. The van der Waals surface area contributed by atoms with Gasteiger partial charge in [-0.25, -0.2) is 0 Å². The Kier molecular flexibility index (Phi) is 7.39. The number of nitrogens with one attached hydrogen (secondary N) is 2. The van der Waals surface area contributed by atoms with E-state index in [1.54, 1.807) is 12.1 Å². The molecule has 1 aliphatic rings. The molecular weight excluding hydrogens is 342 g/mol. The van der Waals surface area contributed by atoms with Crippen LogP contribution >= 0.6 is 0 Å².